The first kappa shape index (κ1) is 18.1. The van der Waals surface area contributed by atoms with Gasteiger partial charge in [-0.3, -0.25) is 4.79 Å². The molecule has 0 aliphatic heterocycles. The molecule has 122 valence electrons. The van der Waals surface area contributed by atoms with Crippen LogP contribution in [0.1, 0.15) is 0 Å². The van der Waals surface area contributed by atoms with E-state index in [1.54, 1.807) is 12.1 Å². The zero-order valence-corrected chi connectivity index (χ0v) is 15.0. The smallest absolute Gasteiger partial charge is 0.322 e. The first-order chi connectivity index (χ1) is 10.8. The van der Waals surface area contributed by atoms with Gasteiger partial charge in [0.1, 0.15) is 23.1 Å². The zero-order valence-electron chi connectivity index (χ0n) is 11.1. The molecule has 0 saturated carbocycles. The normalized spacial score (nSPS) is 10.6. The first-order valence-electron chi connectivity index (χ1n) is 5.96. The van der Waals surface area contributed by atoms with Gasteiger partial charge in [0.2, 0.25) is 5.95 Å². The Morgan fingerprint density at radius 3 is 2.70 bits per heavy atom. The number of rotatable bonds is 5. The molecule has 5 nitrogen and oxygen atoms in total. The Morgan fingerprint density at radius 2 is 2.09 bits per heavy atom. The predicted molar refractivity (Wildman–Crippen MR) is 90.3 cm³/mol. The Morgan fingerprint density at radius 1 is 1.39 bits per heavy atom. The van der Waals surface area contributed by atoms with Gasteiger partial charge in [-0.25, -0.2) is 0 Å². The van der Waals surface area contributed by atoms with Crippen molar-refractivity contribution in [1.29, 1.82) is 0 Å². The van der Waals surface area contributed by atoms with E-state index in [1.807, 2.05) is 0 Å². The largest absolute Gasteiger partial charge is 0.507 e. The number of hydrogen-bond acceptors (Lipinski definition) is 5. The number of halogens is 4. The van der Waals surface area contributed by atoms with Crippen molar-refractivity contribution in [3.63, 3.8) is 0 Å². The summed E-state index contributed by atoms with van der Waals surface area (Å²) in [5.74, 6) is -2.17. The van der Waals surface area contributed by atoms with E-state index in [1.165, 1.54) is 6.07 Å². The van der Waals surface area contributed by atoms with E-state index < -0.39 is 18.5 Å². The summed E-state index contributed by atoms with van der Waals surface area (Å²) in [6.07, 6.45) is 0. The fourth-order valence-electron chi connectivity index (χ4n) is 1.53. The zero-order chi connectivity index (χ0) is 17.1. The number of pyridine rings is 1. The van der Waals surface area contributed by atoms with Crippen molar-refractivity contribution in [1.82, 2.24) is 4.98 Å². The highest BCUT2D eigenvalue weighted by Gasteiger charge is 2.19. The van der Waals surface area contributed by atoms with Crippen LogP contribution in [0.25, 0.3) is 0 Å². The predicted octanol–water partition coefficient (Wildman–Crippen LogP) is 4.64. The Hall–Kier alpha value is -1.22. The molecule has 0 aliphatic rings. The maximum absolute atomic E-state index is 13.8. The van der Waals surface area contributed by atoms with Crippen molar-refractivity contribution >= 4 is 62.7 Å². The van der Waals surface area contributed by atoms with Gasteiger partial charge in [-0.15, -0.1) is 0 Å². The molecule has 0 atom stereocenters. The van der Waals surface area contributed by atoms with Gasteiger partial charge in [0.25, 0.3) is 0 Å². The number of carboxylic acids is 1. The lowest BCUT2D eigenvalue weighted by molar-refractivity contribution is -0.134. The lowest BCUT2D eigenvalue weighted by Crippen LogP contribution is -2.14. The number of phenolic OH excluding ortho intramolecular Hbond substituents is 1. The van der Waals surface area contributed by atoms with E-state index >= 15 is 0 Å². The number of aromatic hydroxyl groups is 1. The molecule has 0 aliphatic carbocycles. The van der Waals surface area contributed by atoms with E-state index in [2.05, 4.69) is 26.2 Å². The van der Waals surface area contributed by atoms with Crippen molar-refractivity contribution in [2.24, 2.45) is 0 Å². The molecular weight excluding hydrogens is 434 g/mol. The molecule has 2 aromatic rings. The van der Waals surface area contributed by atoms with Gasteiger partial charge in [-0.05, 0) is 34.1 Å². The first-order valence-corrected chi connectivity index (χ1v) is 8.32. The molecule has 23 heavy (non-hydrogen) atoms. The highest BCUT2D eigenvalue weighted by Crippen LogP contribution is 2.43. The van der Waals surface area contributed by atoms with Crippen LogP contribution in [0.4, 0.5) is 10.2 Å². The molecule has 3 N–H and O–H groups in total. The van der Waals surface area contributed by atoms with Crippen molar-refractivity contribution in [3.8, 4) is 5.75 Å². The summed E-state index contributed by atoms with van der Waals surface area (Å²) in [4.78, 5) is 14.9. The molecule has 0 spiro atoms. The topological polar surface area (TPSA) is 82.5 Å². The van der Waals surface area contributed by atoms with E-state index in [0.717, 1.165) is 11.8 Å². The average molecular weight is 442 g/mol. The lowest BCUT2D eigenvalue weighted by Gasteiger charge is -2.12. The van der Waals surface area contributed by atoms with Gasteiger partial charge < -0.3 is 15.5 Å². The van der Waals surface area contributed by atoms with Gasteiger partial charge in [-0.1, -0.05) is 35.0 Å². The maximum Gasteiger partial charge on any atom is 0.322 e. The molecule has 1 aromatic heterocycles. The number of aliphatic carboxylic acids is 1. The fourth-order valence-corrected chi connectivity index (χ4v) is 3.59. The van der Waals surface area contributed by atoms with Crippen LogP contribution < -0.4 is 5.32 Å². The number of benzene rings is 1. The minimum atomic E-state index is -1.14. The number of carboxylic acid groups (broad SMARTS) is 1. The molecule has 0 bridgehead atoms. The summed E-state index contributed by atoms with van der Waals surface area (Å²) in [6.45, 7) is -0.470. The minimum absolute atomic E-state index is 0.00634. The molecule has 0 saturated heterocycles. The van der Waals surface area contributed by atoms with Crippen molar-refractivity contribution in [3.05, 3.63) is 38.7 Å². The van der Waals surface area contributed by atoms with Gasteiger partial charge in [-0.2, -0.15) is 9.37 Å². The molecular formula is C13H8BrCl2FN2O3S. The number of anilines is 1. The maximum atomic E-state index is 13.8. The molecule has 0 fully saturated rings. The number of nitrogens with zero attached hydrogens (tertiary/aromatic N) is 1. The van der Waals surface area contributed by atoms with Crippen LogP contribution in [-0.4, -0.2) is 27.7 Å². The number of carbonyl (C=O) groups is 1. The van der Waals surface area contributed by atoms with Gasteiger partial charge in [0, 0.05) is 4.90 Å². The molecule has 1 aromatic carbocycles. The highest BCUT2D eigenvalue weighted by molar-refractivity contribution is 9.10. The third-order valence-electron chi connectivity index (χ3n) is 2.54. The summed E-state index contributed by atoms with van der Waals surface area (Å²) < 4.78 is 14.3. The van der Waals surface area contributed by atoms with E-state index in [-0.39, 0.29) is 26.5 Å². The summed E-state index contributed by atoms with van der Waals surface area (Å²) in [6, 6.07) is 4.66. The summed E-state index contributed by atoms with van der Waals surface area (Å²) in [5.41, 5.74) is 0. The molecule has 0 amide bonds. The molecule has 10 heteroatoms. The number of aromatic nitrogens is 1. The van der Waals surface area contributed by atoms with Crippen LogP contribution in [-0.2, 0) is 4.79 Å². The molecule has 0 radical (unpaired) electrons. The monoisotopic (exact) mass is 440 g/mol. The molecule has 0 unspecified atom stereocenters. The second kappa shape index (κ2) is 7.57. The number of hydrogen-bond donors (Lipinski definition) is 3. The van der Waals surface area contributed by atoms with E-state index in [4.69, 9.17) is 28.3 Å². The number of phenols is 1. The van der Waals surface area contributed by atoms with Crippen LogP contribution in [0, 0.1) is 5.95 Å². The minimum Gasteiger partial charge on any atom is -0.507 e. The Bertz CT molecular complexity index is 779. The highest BCUT2D eigenvalue weighted by atomic mass is 79.9. The van der Waals surface area contributed by atoms with E-state index in [0.29, 0.717) is 9.37 Å². The molecule has 2 rings (SSSR count). The third-order valence-corrected chi connectivity index (χ3v) is 5.22. The van der Waals surface area contributed by atoms with Crippen LogP contribution in [0.3, 0.4) is 0 Å². The second-order valence-corrected chi connectivity index (χ2v) is 6.86. The lowest BCUT2D eigenvalue weighted by atomic mass is 10.3. The summed E-state index contributed by atoms with van der Waals surface area (Å²) in [5, 5.41) is 20.3. The van der Waals surface area contributed by atoms with Crippen LogP contribution in [0.15, 0.2) is 32.5 Å². The van der Waals surface area contributed by atoms with Crippen molar-refractivity contribution in [2.75, 3.05) is 11.9 Å². The van der Waals surface area contributed by atoms with Crippen molar-refractivity contribution < 1.29 is 19.4 Å². The average Bonchev–Trinajstić information content (AvgIpc) is 2.49. The van der Waals surface area contributed by atoms with Crippen molar-refractivity contribution in [2.45, 2.75) is 9.79 Å². The fraction of sp³-hybridized carbons (Fsp3) is 0.0769. The standard InChI is InChI=1S/C13H8BrCl2FN2O3S/c14-6-3-5(1-2-7(6)20)23-11-9(15)12(17)19-13(10(11)16)18-4-8(21)22/h1-3,20H,4H2,(H,18,19)(H,21,22). The van der Waals surface area contributed by atoms with Crippen LogP contribution in [0.5, 0.6) is 5.75 Å². The SMILES string of the molecule is O=C(O)CNc1nc(F)c(Cl)c(Sc2ccc(O)c(Br)c2)c1Cl. The van der Waals surface area contributed by atoms with E-state index in [9.17, 15) is 14.3 Å². The van der Waals surface area contributed by atoms with Crippen LogP contribution >= 0.6 is 50.9 Å². The summed E-state index contributed by atoms with van der Waals surface area (Å²) >= 11 is 16.3. The van der Waals surface area contributed by atoms with Gasteiger partial charge >= 0.3 is 5.97 Å². The quantitative estimate of drug-likeness (QED) is 0.586. The van der Waals surface area contributed by atoms with Gasteiger partial charge in [0.15, 0.2) is 0 Å². The molecule has 1 heterocycles. The Labute approximate surface area is 153 Å². The third kappa shape index (κ3) is 4.41. The summed E-state index contributed by atoms with van der Waals surface area (Å²) in [7, 11) is 0. The number of nitrogens with one attached hydrogen (secondary N) is 1. The second-order valence-electron chi connectivity index (χ2n) is 4.17. The van der Waals surface area contributed by atoms with Crippen LogP contribution in [0.2, 0.25) is 10.0 Å². The Kier molecular flexibility index (Phi) is 5.96. The Balaban J connectivity index is 2.39. The van der Waals surface area contributed by atoms with Gasteiger partial charge in [0.05, 0.1) is 14.4 Å².